The van der Waals surface area contributed by atoms with Gasteiger partial charge in [-0.25, -0.2) is 9.97 Å². The number of carbonyl (C=O) groups is 2. The first-order valence-corrected chi connectivity index (χ1v) is 16.1. The number of pyridine rings is 1. The molecule has 232 valence electrons. The smallest absolute Gasteiger partial charge is 0.301 e. The molecule has 2 aromatic carbocycles. The van der Waals surface area contributed by atoms with Crippen LogP contribution >= 0.6 is 11.3 Å². The van der Waals surface area contributed by atoms with Crippen molar-refractivity contribution in [1.29, 1.82) is 0 Å². The third-order valence-corrected chi connectivity index (χ3v) is 8.99. The molecular formula is C35H36N4O5S. The number of anilines is 1. The number of aryl methyl sites for hydroxylation is 3. The predicted octanol–water partition coefficient (Wildman–Crippen LogP) is 7.46. The first-order chi connectivity index (χ1) is 21.7. The van der Waals surface area contributed by atoms with Crippen LogP contribution in [-0.2, 0) is 9.59 Å². The summed E-state index contributed by atoms with van der Waals surface area (Å²) in [5, 5.41) is 12.3. The molecular weight excluding hydrogens is 588 g/mol. The molecule has 0 radical (unpaired) electrons. The summed E-state index contributed by atoms with van der Waals surface area (Å²) in [4.78, 5) is 38.7. The molecule has 1 unspecified atom stereocenters. The van der Waals surface area contributed by atoms with Crippen LogP contribution in [0.1, 0.15) is 67.2 Å². The average Bonchev–Trinajstić information content (AvgIpc) is 3.66. The fourth-order valence-electron chi connectivity index (χ4n) is 5.95. The number of amides is 1. The number of aliphatic hydroxyl groups excluding tert-OH is 1. The van der Waals surface area contributed by atoms with Gasteiger partial charge in [0, 0.05) is 6.20 Å². The molecule has 45 heavy (non-hydrogen) atoms. The maximum atomic E-state index is 14.0. The molecule has 0 aliphatic carbocycles. The van der Waals surface area contributed by atoms with Crippen LogP contribution in [-0.4, -0.2) is 44.4 Å². The van der Waals surface area contributed by atoms with Crippen LogP contribution in [0.3, 0.4) is 0 Å². The highest BCUT2D eigenvalue weighted by molar-refractivity contribution is 7.22. The van der Waals surface area contributed by atoms with Gasteiger partial charge in [0.25, 0.3) is 5.78 Å². The molecule has 4 heterocycles. The number of aliphatic hydroxyl groups is 1. The van der Waals surface area contributed by atoms with E-state index in [1.807, 2.05) is 57.2 Å². The molecule has 1 aliphatic heterocycles. The number of fused-ring (bicyclic) bond motifs is 2. The summed E-state index contributed by atoms with van der Waals surface area (Å²) in [5.41, 5.74) is 4.86. The maximum absolute atomic E-state index is 14.0. The van der Waals surface area contributed by atoms with Crippen molar-refractivity contribution in [3.63, 3.8) is 0 Å². The lowest BCUT2D eigenvalue weighted by Gasteiger charge is -2.24. The van der Waals surface area contributed by atoms with E-state index in [-0.39, 0.29) is 11.3 Å². The first-order valence-electron chi connectivity index (χ1n) is 15.3. The van der Waals surface area contributed by atoms with Gasteiger partial charge in [0.05, 0.1) is 40.7 Å². The van der Waals surface area contributed by atoms with Crippen molar-refractivity contribution in [1.82, 2.24) is 14.4 Å². The van der Waals surface area contributed by atoms with Crippen molar-refractivity contribution in [2.75, 3.05) is 18.1 Å². The topological polar surface area (TPSA) is 106 Å². The van der Waals surface area contributed by atoms with Crippen molar-refractivity contribution in [2.24, 2.45) is 0 Å². The standard InChI is InChI=1S/C35H36N4O5S/c1-6-8-11-16-44-24-14-13-23(19-25(24)43-7-2)31-28(32(40)30-22(5)36-27-12-9-10-15-38(27)30)33(41)34(42)39(31)35-37-29-21(4)17-20(3)18-26(29)45-35/h9-10,12-15,17-19,31,40H,6-8,11,16H2,1-5H3/b32-28+. The number of ether oxygens (including phenoxy) is 2. The summed E-state index contributed by atoms with van der Waals surface area (Å²) in [5.74, 6) is -0.786. The Morgan fingerprint density at radius 3 is 2.58 bits per heavy atom. The average molecular weight is 625 g/mol. The van der Waals surface area contributed by atoms with E-state index in [9.17, 15) is 14.7 Å². The van der Waals surface area contributed by atoms with Crippen LogP contribution in [0.25, 0.3) is 21.6 Å². The molecule has 1 amide bonds. The zero-order valence-electron chi connectivity index (χ0n) is 26.1. The molecule has 0 spiro atoms. The summed E-state index contributed by atoms with van der Waals surface area (Å²) in [6.07, 6.45) is 4.82. The van der Waals surface area contributed by atoms with Crippen molar-refractivity contribution in [2.45, 2.75) is 59.9 Å². The van der Waals surface area contributed by atoms with Gasteiger partial charge >= 0.3 is 5.91 Å². The summed E-state index contributed by atoms with van der Waals surface area (Å²) in [7, 11) is 0. The van der Waals surface area contributed by atoms with E-state index in [4.69, 9.17) is 14.5 Å². The summed E-state index contributed by atoms with van der Waals surface area (Å²) >= 11 is 1.34. The molecule has 1 atom stereocenters. The molecule has 0 bridgehead atoms. The van der Waals surface area contributed by atoms with Crippen LogP contribution in [0, 0.1) is 20.8 Å². The third-order valence-electron chi connectivity index (χ3n) is 7.99. The van der Waals surface area contributed by atoms with Gasteiger partial charge in [0.1, 0.15) is 11.3 Å². The van der Waals surface area contributed by atoms with Crippen molar-refractivity contribution in [3.05, 3.63) is 88.4 Å². The SMILES string of the molecule is CCCCCOc1ccc(C2/C(=C(\O)c3c(C)nc4ccccn34)C(=O)C(=O)N2c2nc3c(C)cc(C)cc3s2)cc1OCC. The quantitative estimate of drug-likeness (QED) is 0.0744. The van der Waals surface area contributed by atoms with E-state index in [0.29, 0.717) is 52.4 Å². The van der Waals surface area contributed by atoms with E-state index in [1.54, 1.807) is 29.7 Å². The largest absolute Gasteiger partial charge is 0.505 e. The lowest BCUT2D eigenvalue weighted by molar-refractivity contribution is -0.132. The number of thiazole rings is 1. The van der Waals surface area contributed by atoms with Crippen LogP contribution in [0.15, 0.2) is 60.3 Å². The van der Waals surface area contributed by atoms with Gasteiger partial charge in [0.2, 0.25) is 0 Å². The number of ketones is 1. The monoisotopic (exact) mass is 624 g/mol. The lowest BCUT2D eigenvalue weighted by Crippen LogP contribution is -2.29. The molecule has 0 saturated carbocycles. The number of imidazole rings is 1. The number of benzene rings is 2. The maximum Gasteiger partial charge on any atom is 0.301 e. The molecule has 1 N–H and O–H groups in total. The zero-order valence-corrected chi connectivity index (χ0v) is 26.9. The number of hydrogen-bond donors (Lipinski definition) is 1. The number of nitrogens with zero attached hydrogens (tertiary/aromatic N) is 4. The van der Waals surface area contributed by atoms with Crippen molar-refractivity contribution < 1.29 is 24.2 Å². The van der Waals surface area contributed by atoms with E-state index in [2.05, 4.69) is 11.9 Å². The van der Waals surface area contributed by atoms with E-state index in [1.165, 1.54) is 16.2 Å². The molecule has 3 aromatic heterocycles. The zero-order chi connectivity index (χ0) is 31.8. The summed E-state index contributed by atoms with van der Waals surface area (Å²) in [6, 6.07) is 14.0. The molecule has 5 aromatic rings. The fourth-order valence-corrected chi connectivity index (χ4v) is 7.12. The minimum absolute atomic E-state index is 0.0417. The number of carbonyl (C=O) groups excluding carboxylic acids is 2. The molecule has 1 saturated heterocycles. The Morgan fingerprint density at radius 1 is 0.978 bits per heavy atom. The Hall–Kier alpha value is -4.70. The van der Waals surface area contributed by atoms with Crippen molar-refractivity contribution in [3.8, 4) is 11.5 Å². The van der Waals surface area contributed by atoms with Gasteiger partial charge in [-0.15, -0.1) is 0 Å². The first kappa shape index (κ1) is 30.3. The van der Waals surface area contributed by atoms with Crippen LogP contribution in [0.4, 0.5) is 5.13 Å². The van der Waals surface area contributed by atoms with Gasteiger partial charge in [-0.3, -0.25) is 18.9 Å². The van der Waals surface area contributed by atoms with Crippen LogP contribution in [0.5, 0.6) is 11.5 Å². The molecule has 9 nitrogen and oxygen atoms in total. The van der Waals surface area contributed by atoms with E-state index < -0.39 is 17.7 Å². The Morgan fingerprint density at radius 2 is 1.80 bits per heavy atom. The highest BCUT2D eigenvalue weighted by Gasteiger charge is 2.49. The Balaban J connectivity index is 1.56. The predicted molar refractivity (Wildman–Crippen MR) is 176 cm³/mol. The molecule has 1 fully saturated rings. The fraction of sp³-hybridized carbons (Fsp3) is 0.314. The lowest BCUT2D eigenvalue weighted by atomic mass is 9.96. The Labute approximate surface area is 265 Å². The van der Waals surface area contributed by atoms with Crippen molar-refractivity contribution >= 4 is 49.8 Å². The summed E-state index contributed by atoms with van der Waals surface area (Å²) in [6.45, 7) is 10.7. The van der Waals surface area contributed by atoms with Gasteiger partial charge in [-0.2, -0.15) is 0 Å². The minimum Gasteiger partial charge on any atom is -0.505 e. The second kappa shape index (κ2) is 12.4. The number of unbranched alkanes of at least 4 members (excludes halogenated alkanes) is 2. The molecule has 10 heteroatoms. The molecule has 1 aliphatic rings. The van der Waals surface area contributed by atoms with Gasteiger partial charge in [-0.1, -0.05) is 49.3 Å². The normalized spacial score (nSPS) is 16.3. The van der Waals surface area contributed by atoms with Crippen LogP contribution in [0.2, 0.25) is 0 Å². The second-order valence-electron chi connectivity index (χ2n) is 11.3. The number of aromatic nitrogens is 3. The minimum atomic E-state index is -0.978. The highest BCUT2D eigenvalue weighted by atomic mass is 32.1. The molecule has 6 rings (SSSR count). The number of hydrogen-bond acceptors (Lipinski definition) is 8. The third kappa shape index (κ3) is 5.44. The number of rotatable bonds is 10. The summed E-state index contributed by atoms with van der Waals surface area (Å²) < 4.78 is 14.7. The van der Waals surface area contributed by atoms with Gasteiger partial charge < -0.3 is 14.6 Å². The van der Waals surface area contributed by atoms with E-state index in [0.717, 1.165) is 40.6 Å². The second-order valence-corrected chi connectivity index (χ2v) is 12.3. The Bertz CT molecular complexity index is 1970. The van der Waals surface area contributed by atoms with E-state index >= 15 is 0 Å². The van der Waals surface area contributed by atoms with Crippen LogP contribution < -0.4 is 14.4 Å². The van der Waals surface area contributed by atoms with Gasteiger partial charge in [-0.05, 0) is 81.1 Å². The highest BCUT2D eigenvalue weighted by Crippen LogP contribution is 2.46. The number of Topliss-reactive ketones (excluding diaryl/α,β-unsaturated/α-hetero) is 1. The Kier molecular flexibility index (Phi) is 8.33. The van der Waals surface area contributed by atoms with Gasteiger partial charge in [0.15, 0.2) is 22.4 Å².